The number of hydrogen-bond donors (Lipinski definition) is 1. The van der Waals surface area contributed by atoms with Gasteiger partial charge in [-0.3, -0.25) is 4.79 Å². The number of aromatic hydroxyl groups is 1. The molecule has 0 bridgehead atoms. The summed E-state index contributed by atoms with van der Waals surface area (Å²) in [5.41, 5.74) is 0.0336. The van der Waals surface area contributed by atoms with Gasteiger partial charge in [-0.05, 0) is 18.1 Å². The molecule has 0 aliphatic carbocycles. The van der Waals surface area contributed by atoms with Crippen LogP contribution in [0.2, 0.25) is 0 Å². The fourth-order valence-corrected chi connectivity index (χ4v) is 2.34. The van der Waals surface area contributed by atoms with E-state index in [-0.39, 0.29) is 22.9 Å². The molecule has 1 N–H and O–H groups in total. The lowest BCUT2D eigenvalue weighted by molar-refractivity contribution is -0.143. The third-order valence-electron chi connectivity index (χ3n) is 3.45. The summed E-state index contributed by atoms with van der Waals surface area (Å²) in [5, 5.41) is 14.1. The Labute approximate surface area is 131 Å². The van der Waals surface area contributed by atoms with Gasteiger partial charge in [0.25, 0.3) is 5.56 Å². The van der Waals surface area contributed by atoms with Gasteiger partial charge in [-0.2, -0.15) is 18.3 Å². The highest BCUT2D eigenvalue weighted by molar-refractivity contribution is 5.72. The topological polar surface area (TPSA) is 55.1 Å². The van der Waals surface area contributed by atoms with Crippen molar-refractivity contribution in [2.24, 2.45) is 0 Å². The van der Waals surface area contributed by atoms with Crippen molar-refractivity contribution < 1.29 is 18.3 Å². The largest absolute Gasteiger partial charge is 0.505 e. The molecule has 0 amide bonds. The van der Waals surface area contributed by atoms with Gasteiger partial charge in [-0.15, -0.1) is 0 Å². The van der Waals surface area contributed by atoms with Gasteiger partial charge in [0.05, 0.1) is 5.56 Å². The zero-order chi connectivity index (χ0) is 17.4. The first kappa shape index (κ1) is 17.1. The van der Waals surface area contributed by atoms with E-state index in [1.54, 1.807) is 45.0 Å². The molecule has 0 fully saturated rings. The molecule has 0 atom stereocenters. The van der Waals surface area contributed by atoms with Crippen LogP contribution in [0.3, 0.4) is 0 Å². The Kier molecular flexibility index (Phi) is 4.49. The van der Waals surface area contributed by atoms with E-state index in [0.717, 1.165) is 0 Å². The molecule has 0 saturated heterocycles. The summed E-state index contributed by atoms with van der Waals surface area (Å²) in [7, 11) is 0. The predicted molar refractivity (Wildman–Crippen MR) is 80.5 cm³/mol. The van der Waals surface area contributed by atoms with Crippen LogP contribution in [0.4, 0.5) is 13.2 Å². The maximum Gasteiger partial charge on any atom is 0.408 e. The molecule has 1 aromatic carbocycles. The molecule has 0 aliphatic rings. The van der Waals surface area contributed by atoms with E-state index < -0.39 is 18.3 Å². The molecule has 0 spiro atoms. The van der Waals surface area contributed by atoms with Crippen LogP contribution in [-0.4, -0.2) is 21.1 Å². The average Bonchev–Trinajstić information content (AvgIpc) is 2.42. The molecule has 124 valence electrons. The van der Waals surface area contributed by atoms with Crippen LogP contribution >= 0.6 is 0 Å². The summed E-state index contributed by atoms with van der Waals surface area (Å²) in [6, 6.07) is 6.71. The SMILES string of the molecule is Cc1ccccc1-c1c(O)c(C(C)C)nn(CC(F)(F)F)c1=O. The second-order valence-electron chi connectivity index (χ2n) is 5.66. The molecule has 0 radical (unpaired) electrons. The Balaban J connectivity index is 2.80. The normalized spacial score (nSPS) is 12.0. The quantitative estimate of drug-likeness (QED) is 0.937. The van der Waals surface area contributed by atoms with E-state index in [1.807, 2.05) is 0 Å². The van der Waals surface area contributed by atoms with E-state index >= 15 is 0 Å². The summed E-state index contributed by atoms with van der Waals surface area (Å²) in [6.07, 6.45) is -4.58. The van der Waals surface area contributed by atoms with E-state index in [9.17, 15) is 23.1 Å². The van der Waals surface area contributed by atoms with Crippen molar-refractivity contribution in [2.75, 3.05) is 0 Å². The Morgan fingerprint density at radius 1 is 1.26 bits per heavy atom. The highest BCUT2D eigenvalue weighted by Gasteiger charge is 2.31. The molecular weight excluding hydrogens is 309 g/mol. The second kappa shape index (κ2) is 6.06. The van der Waals surface area contributed by atoms with Crippen LogP contribution in [0.1, 0.15) is 31.0 Å². The number of rotatable bonds is 3. The van der Waals surface area contributed by atoms with Gasteiger partial charge in [0.1, 0.15) is 12.2 Å². The number of aromatic nitrogens is 2. The minimum atomic E-state index is -4.58. The molecule has 1 aromatic heterocycles. The van der Waals surface area contributed by atoms with Crippen molar-refractivity contribution in [3.8, 4) is 16.9 Å². The summed E-state index contributed by atoms with van der Waals surface area (Å²) in [4.78, 5) is 12.4. The molecule has 1 heterocycles. The first-order valence-corrected chi connectivity index (χ1v) is 7.08. The molecule has 7 heteroatoms. The van der Waals surface area contributed by atoms with Gasteiger partial charge in [0.2, 0.25) is 0 Å². The zero-order valence-corrected chi connectivity index (χ0v) is 13.0. The Bertz CT molecular complexity index is 780. The van der Waals surface area contributed by atoms with Crippen molar-refractivity contribution in [3.05, 3.63) is 45.9 Å². The van der Waals surface area contributed by atoms with Crippen molar-refractivity contribution in [1.82, 2.24) is 9.78 Å². The smallest absolute Gasteiger partial charge is 0.408 e. The molecule has 0 aliphatic heterocycles. The van der Waals surface area contributed by atoms with E-state index in [1.165, 1.54) is 0 Å². The fourth-order valence-electron chi connectivity index (χ4n) is 2.34. The Morgan fingerprint density at radius 2 is 1.87 bits per heavy atom. The third-order valence-corrected chi connectivity index (χ3v) is 3.45. The molecule has 0 unspecified atom stereocenters. The fraction of sp³-hybridized carbons (Fsp3) is 0.375. The lowest BCUT2D eigenvalue weighted by Crippen LogP contribution is -2.32. The maximum absolute atomic E-state index is 12.7. The van der Waals surface area contributed by atoms with Crippen molar-refractivity contribution in [2.45, 2.75) is 39.4 Å². The third kappa shape index (κ3) is 3.55. The first-order chi connectivity index (χ1) is 10.6. The number of aryl methyl sites for hydroxylation is 1. The maximum atomic E-state index is 12.7. The number of alkyl halides is 3. The number of hydrogen-bond acceptors (Lipinski definition) is 3. The minimum Gasteiger partial charge on any atom is -0.505 e. The lowest BCUT2D eigenvalue weighted by atomic mass is 9.98. The second-order valence-corrected chi connectivity index (χ2v) is 5.66. The van der Waals surface area contributed by atoms with Crippen molar-refractivity contribution >= 4 is 0 Å². The van der Waals surface area contributed by atoms with Crippen LogP contribution in [0.5, 0.6) is 5.75 Å². The summed E-state index contributed by atoms with van der Waals surface area (Å²) in [5.74, 6) is -0.699. The molecule has 0 saturated carbocycles. The van der Waals surface area contributed by atoms with E-state index in [2.05, 4.69) is 5.10 Å². The van der Waals surface area contributed by atoms with Crippen LogP contribution < -0.4 is 5.56 Å². The van der Waals surface area contributed by atoms with Crippen LogP contribution in [0.15, 0.2) is 29.1 Å². The van der Waals surface area contributed by atoms with Crippen LogP contribution in [0.25, 0.3) is 11.1 Å². The Morgan fingerprint density at radius 3 is 2.39 bits per heavy atom. The van der Waals surface area contributed by atoms with E-state index in [0.29, 0.717) is 15.8 Å². The highest BCUT2D eigenvalue weighted by atomic mass is 19.4. The predicted octanol–water partition coefficient (Wildman–Crippen LogP) is 3.61. The summed E-state index contributed by atoms with van der Waals surface area (Å²) in [6.45, 7) is 3.60. The van der Waals surface area contributed by atoms with Gasteiger partial charge in [0.15, 0.2) is 5.75 Å². The molecule has 23 heavy (non-hydrogen) atoms. The van der Waals surface area contributed by atoms with E-state index in [4.69, 9.17) is 0 Å². The Hall–Kier alpha value is -2.31. The molecule has 2 aromatic rings. The highest BCUT2D eigenvalue weighted by Crippen LogP contribution is 2.33. The van der Waals surface area contributed by atoms with Crippen LogP contribution in [-0.2, 0) is 6.54 Å². The average molecular weight is 326 g/mol. The van der Waals surface area contributed by atoms with Gasteiger partial charge < -0.3 is 5.11 Å². The van der Waals surface area contributed by atoms with Crippen molar-refractivity contribution in [3.63, 3.8) is 0 Å². The number of benzene rings is 1. The molecular formula is C16H17F3N2O2. The molecule has 4 nitrogen and oxygen atoms in total. The minimum absolute atomic E-state index is 0.0621. The molecule has 2 rings (SSSR count). The first-order valence-electron chi connectivity index (χ1n) is 7.08. The number of halogens is 3. The summed E-state index contributed by atoms with van der Waals surface area (Å²) < 4.78 is 38.5. The monoisotopic (exact) mass is 326 g/mol. The van der Waals surface area contributed by atoms with Crippen LogP contribution in [0, 0.1) is 6.92 Å². The van der Waals surface area contributed by atoms with Gasteiger partial charge in [0, 0.05) is 5.92 Å². The summed E-state index contributed by atoms with van der Waals surface area (Å²) >= 11 is 0. The van der Waals surface area contributed by atoms with Gasteiger partial charge >= 0.3 is 6.18 Å². The van der Waals surface area contributed by atoms with Gasteiger partial charge in [-0.25, -0.2) is 4.68 Å². The lowest BCUT2D eigenvalue weighted by Gasteiger charge is -2.17. The van der Waals surface area contributed by atoms with Gasteiger partial charge in [-0.1, -0.05) is 38.1 Å². The zero-order valence-electron chi connectivity index (χ0n) is 13.0. The number of nitrogens with zero attached hydrogens (tertiary/aromatic N) is 2. The standard InChI is InChI=1S/C16H17F3N2O2/c1-9(2)13-14(22)12(11-7-5-4-6-10(11)3)15(23)21(20-13)8-16(17,18)19/h4-7,9,22H,8H2,1-3H3. The van der Waals surface area contributed by atoms with Crippen molar-refractivity contribution in [1.29, 1.82) is 0 Å².